The molecular formula is C15H25ClIN5. The molecule has 1 unspecified atom stereocenters. The third kappa shape index (κ3) is 6.26. The zero-order valence-corrected chi connectivity index (χ0v) is 16.1. The van der Waals surface area contributed by atoms with E-state index in [4.69, 9.17) is 17.3 Å². The molecular weight excluding hydrogens is 413 g/mol. The molecule has 0 radical (unpaired) electrons. The second-order valence-electron chi connectivity index (χ2n) is 5.32. The van der Waals surface area contributed by atoms with Gasteiger partial charge in [-0.05, 0) is 44.0 Å². The Balaban J connectivity index is 0.00000242. The molecule has 1 aromatic heterocycles. The molecule has 1 aromatic rings. The van der Waals surface area contributed by atoms with Crippen molar-refractivity contribution in [3.8, 4) is 0 Å². The number of nitrogens with one attached hydrogen (secondary N) is 1. The average molecular weight is 438 g/mol. The maximum absolute atomic E-state index is 5.91. The summed E-state index contributed by atoms with van der Waals surface area (Å²) in [5, 5.41) is 3.67. The van der Waals surface area contributed by atoms with Gasteiger partial charge in [0.05, 0.1) is 6.54 Å². The summed E-state index contributed by atoms with van der Waals surface area (Å²) < 4.78 is 0. The highest BCUT2D eigenvalue weighted by Gasteiger charge is 2.22. The van der Waals surface area contributed by atoms with Gasteiger partial charge in [-0.2, -0.15) is 0 Å². The Morgan fingerprint density at radius 1 is 1.55 bits per heavy atom. The molecule has 0 amide bonds. The Morgan fingerprint density at radius 2 is 2.36 bits per heavy atom. The number of nitrogens with zero attached hydrogens (tertiary/aromatic N) is 3. The fourth-order valence-electron chi connectivity index (χ4n) is 2.67. The van der Waals surface area contributed by atoms with Crippen LogP contribution in [0.4, 0.5) is 0 Å². The summed E-state index contributed by atoms with van der Waals surface area (Å²) in [6, 6.07) is 4.33. The van der Waals surface area contributed by atoms with Crippen LogP contribution in [0.25, 0.3) is 0 Å². The van der Waals surface area contributed by atoms with E-state index in [0.717, 1.165) is 31.6 Å². The highest BCUT2D eigenvalue weighted by molar-refractivity contribution is 14.0. The molecule has 0 bridgehead atoms. The van der Waals surface area contributed by atoms with Crippen LogP contribution in [0.3, 0.4) is 0 Å². The van der Waals surface area contributed by atoms with Crippen molar-refractivity contribution < 1.29 is 0 Å². The smallest absolute Gasteiger partial charge is 0.188 e. The molecule has 22 heavy (non-hydrogen) atoms. The van der Waals surface area contributed by atoms with Crippen molar-refractivity contribution in [2.24, 2.45) is 10.7 Å². The lowest BCUT2D eigenvalue weighted by Gasteiger charge is -2.20. The minimum Gasteiger partial charge on any atom is -0.370 e. The summed E-state index contributed by atoms with van der Waals surface area (Å²) in [4.78, 5) is 11.0. The highest BCUT2D eigenvalue weighted by atomic mass is 127. The SMILES string of the molecule is CCN1CCCC1CN=C(N)NCCc1ccc(Cl)nc1.I. The second kappa shape index (κ2) is 10.2. The Bertz CT molecular complexity index is 466. The van der Waals surface area contributed by atoms with Crippen LogP contribution in [-0.2, 0) is 6.42 Å². The summed E-state index contributed by atoms with van der Waals surface area (Å²) in [6.45, 7) is 6.02. The first-order valence-electron chi connectivity index (χ1n) is 7.57. The molecule has 5 nitrogen and oxygen atoms in total. The van der Waals surface area contributed by atoms with Crippen molar-refractivity contribution >= 4 is 41.5 Å². The molecule has 124 valence electrons. The minimum atomic E-state index is 0. The van der Waals surface area contributed by atoms with Crippen LogP contribution in [0.2, 0.25) is 5.15 Å². The van der Waals surface area contributed by atoms with Gasteiger partial charge in [0.2, 0.25) is 0 Å². The summed E-state index contributed by atoms with van der Waals surface area (Å²) in [6.07, 6.45) is 5.13. The molecule has 2 rings (SSSR count). The van der Waals surface area contributed by atoms with Crippen molar-refractivity contribution in [1.29, 1.82) is 0 Å². The Kier molecular flexibility index (Phi) is 9.04. The molecule has 0 aliphatic carbocycles. The van der Waals surface area contributed by atoms with E-state index in [-0.39, 0.29) is 24.0 Å². The van der Waals surface area contributed by atoms with Crippen LogP contribution in [0.1, 0.15) is 25.3 Å². The maximum atomic E-state index is 5.91. The molecule has 2 heterocycles. The van der Waals surface area contributed by atoms with Gasteiger partial charge in [0, 0.05) is 18.8 Å². The fourth-order valence-corrected chi connectivity index (χ4v) is 2.78. The number of nitrogens with two attached hydrogens (primary N) is 1. The molecule has 1 aliphatic heterocycles. The quantitative estimate of drug-likeness (QED) is 0.310. The van der Waals surface area contributed by atoms with Gasteiger partial charge in [0.1, 0.15) is 5.15 Å². The molecule has 1 aliphatic rings. The summed E-state index contributed by atoms with van der Waals surface area (Å²) >= 11 is 5.75. The molecule has 3 N–H and O–H groups in total. The average Bonchev–Trinajstić information content (AvgIpc) is 2.95. The summed E-state index contributed by atoms with van der Waals surface area (Å²) in [5.41, 5.74) is 7.04. The predicted molar refractivity (Wildman–Crippen MR) is 103 cm³/mol. The fraction of sp³-hybridized carbons (Fsp3) is 0.600. The summed E-state index contributed by atoms with van der Waals surface area (Å²) in [5.74, 6) is 0.528. The lowest BCUT2D eigenvalue weighted by Crippen LogP contribution is -2.36. The Morgan fingerprint density at radius 3 is 3.05 bits per heavy atom. The molecule has 1 saturated heterocycles. The molecule has 7 heteroatoms. The van der Waals surface area contributed by atoms with Gasteiger partial charge >= 0.3 is 0 Å². The van der Waals surface area contributed by atoms with Crippen molar-refractivity contribution in [3.63, 3.8) is 0 Å². The summed E-state index contributed by atoms with van der Waals surface area (Å²) in [7, 11) is 0. The van der Waals surface area contributed by atoms with Crippen LogP contribution in [0.5, 0.6) is 0 Å². The number of rotatable bonds is 6. The number of hydrogen-bond donors (Lipinski definition) is 2. The number of likely N-dealkylation sites (tertiary alicyclic amines) is 1. The van der Waals surface area contributed by atoms with Gasteiger partial charge in [0.15, 0.2) is 5.96 Å². The topological polar surface area (TPSA) is 66.5 Å². The van der Waals surface area contributed by atoms with Crippen molar-refractivity contribution in [2.45, 2.75) is 32.2 Å². The van der Waals surface area contributed by atoms with Gasteiger partial charge in [-0.15, -0.1) is 24.0 Å². The van der Waals surface area contributed by atoms with Crippen LogP contribution in [0, 0.1) is 0 Å². The second-order valence-corrected chi connectivity index (χ2v) is 5.70. The standard InChI is InChI=1S/C15H24ClN5.HI/c1-2-21-9-3-4-13(21)11-20-15(17)18-8-7-12-5-6-14(16)19-10-12;/h5-6,10,13H,2-4,7-9,11H2,1H3,(H3,17,18,20);1H. The minimum absolute atomic E-state index is 0. The van der Waals surface area contributed by atoms with E-state index in [1.807, 2.05) is 6.07 Å². The number of likely N-dealkylation sites (N-methyl/N-ethyl adjacent to an activating group) is 1. The molecule has 0 aromatic carbocycles. The van der Waals surface area contributed by atoms with E-state index < -0.39 is 0 Å². The molecule has 1 atom stereocenters. The van der Waals surface area contributed by atoms with Crippen molar-refractivity contribution in [1.82, 2.24) is 15.2 Å². The largest absolute Gasteiger partial charge is 0.370 e. The van der Waals surface area contributed by atoms with Crippen LogP contribution in [-0.4, -0.2) is 48.1 Å². The van der Waals surface area contributed by atoms with Gasteiger partial charge in [-0.1, -0.05) is 24.6 Å². The van der Waals surface area contributed by atoms with Gasteiger partial charge in [-0.3, -0.25) is 9.89 Å². The van der Waals surface area contributed by atoms with E-state index in [1.54, 1.807) is 12.3 Å². The van der Waals surface area contributed by atoms with E-state index in [9.17, 15) is 0 Å². The first-order valence-corrected chi connectivity index (χ1v) is 7.95. The van der Waals surface area contributed by atoms with Crippen molar-refractivity contribution in [2.75, 3.05) is 26.2 Å². The number of guanidine groups is 1. The van der Waals surface area contributed by atoms with Crippen LogP contribution in [0.15, 0.2) is 23.3 Å². The third-order valence-electron chi connectivity index (χ3n) is 3.89. The van der Waals surface area contributed by atoms with Gasteiger partial charge in [-0.25, -0.2) is 4.98 Å². The lowest BCUT2D eigenvalue weighted by molar-refractivity contribution is 0.273. The predicted octanol–water partition coefficient (Wildman–Crippen LogP) is 2.28. The van der Waals surface area contributed by atoms with E-state index in [2.05, 4.69) is 27.1 Å². The normalized spacial score (nSPS) is 19.0. The Labute approximate surface area is 154 Å². The first-order chi connectivity index (χ1) is 10.2. The number of aliphatic imine (C=N–C) groups is 1. The number of pyridine rings is 1. The number of hydrogen-bond acceptors (Lipinski definition) is 3. The molecule has 1 fully saturated rings. The lowest BCUT2D eigenvalue weighted by atomic mass is 10.2. The van der Waals surface area contributed by atoms with Crippen LogP contribution < -0.4 is 11.1 Å². The van der Waals surface area contributed by atoms with E-state index in [0.29, 0.717) is 17.2 Å². The number of aromatic nitrogens is 1. The molecule has 0 saturated carbocycles. The van der Waals surface area contributed by atoms with E-state index in [1.165, 1.54) is 19.4 Å². The zero-order valence-electron chi connectivity index (χ0n) is 13.0. The molecule has 0 spiro atoms. The monoisotopic (exact) mass is 437 g/mol. The van der Waals surface area contributed by atoms with E-state index >= 15 is 0 Å². The maximum Gasteiger partial charge on any atom is 0.188 e. The van der Waals surface area contributed by atoms with Crippen molar-refractivity contribution in [3.05, 3.63) is 29.0 Å². The third-order valence-corrected chi connectivity index (χ3v) is 4.11. The first kappa shape index (κ1) is 19.4. The number of halogens is 2. The zero-order chi connectivity index (χ0) is 15.1. The van der Waals surface area contributed by atoms with Crippen LogP contribution >= 0.6 is 35.6 Å². The van der Waals surface area contributed by atoms with Gasteiger partial charge < -0.3 is 11.1 Å². The highest BCUT2D eigenvalue weighted by Crippen LogP contribution is 2.16. The Hall–Kier alpha value is -0.600. The van der Waals surface area contributed by atoms with Gasteiger partial charge in [0.25, 0.3) is 0 Å².